The fourth-order valence-electron chi connectivity index (χ4n) is 2.08. The van der Waals surface area contributed by atoms with Gasteiger partial charge in [0.1, 0.15) is 11.5 Å². The molecule has 0 atom stereocenters. The number of hydrogen-bond donors (Lipinski definition) is 2. The largest absolute Gasteiger partial charge is 0.497 e. The van der Waals surface area contributed by atoms with Gasteiger partial charge in [-0.15, -0.1) is 0 Å². The van der Waals surface area contributed by atoms with E-state index in [1.807, 2.05) is 12.4 Å². The Kier molecular flexibility index (Phi) is 6.88. The Morgan fingerprint density at radius 1 is 1.15 bits per heavy atom. The molecule has 0 aliphatic rings. The van der Waals surface area contributed by atoms with E-state index in [2.05, 4.69) is 15.6 Å². The first-order chi connectivity index (χ1) is 12.6. The number of nitriles is 1. The van der Waals surface area contributed by atoms with Gasteiger partial charge in [-0.25, -0.2) is 4.99 Å². The number of thioether (sulfide) groups is 1. The third-order valence-corrected chi connectivity index (χ3v) is 3.95. The van der Waals surface area contributed by atoms with Gasteiger partial charge >= 0.3 is 0 Å². The molecular formula is C18H18N4O3S. The second-order valence-electron chi connectivity index (χ2n) is 4.93. The van der Waals surface area contributed by atoms with Crippen LogP contribution in [0.4, 0.5) is 11.4 Å². The molecule has 0 aromatic heterocycles. The molecule has 26 heavy (non-hydrogen) atoms. The predicted octanol–water partition coefficient (Wildman–Crippen LogP) is 3.38. The summed E-state index contributed by atoms with van der Waals surface area (Å²) in [6.45, 7) is 0. The summed E-state index contributed by atoms with van der Waals surface area (Å²) in [6, 6.07) is 11.9. The second-order valence-corrected chi connectivity index (χ2v) is 5.72. The Morgan fingerprint density at radius 2 is 1.88 bits per heavy atom. The lowest BCUT2D eigenvalue weighted by atomic mass is 10.2. The first-order valence-electron chi connectivity index (χ1n) is 7.52. The van der Waals surface area contributed by atoms with Gasteiger partial charge in [0.05, 0.1) is 25.6 Å². The van der Waals surface area contributed by atoms with Crippen LogP contribution in [0.1, 0.15) is 10.4 Å². The highest BCUT2D eigenvalue weighted by molar-refractivity contribution is 8.13. The van der Waals surface area contributed by atoms with E-state index in [1.165, 1.54) is 18.9 Å². The van der Waals surface area contributed by atoms with Crippen LogP contribution in [-0.4, -0.2) is 31.6 Å². The highest BCUT2D eigenvalue weighted by Gasteiger charge is 2.11. The minimum absolute atomic E-state index is 0.266. The number of nitrogens with one attached hydrogen (secondary N) is 2. The molecular weight excluding hydrogens is 352 g/mol. The highest BCUT2D eigenvalue weighted by atomic mass is 32.2. The van der Waals surface area contributed by atoms with Gasteiger partial charge in [-0.3, -0.25) is 10.1 Å². The lowest BCUT2D eigenvalue weighted by molar-refractivity contribution is 0.102. The van der Waals surface area contributed by atoms with Crippen LogP contribution in [-0.2, 0) is 0 Å². The molecule has 0 aliphatic heterocycles. The molecule has 2 N–H and O–H groups in total. The van der Waals surface area contributed by atoms with Gasteiger partial charge in [-0.2, -0.15) is 5.26 Å². The maximum absolute atomic E-state index is 12.4. The van der Waals surface area contributed by atoms with Gasteiger partial charge in [-0.1, -0.05) is 11.8 Å². The van der Waals surface area contributed by atoms with E-state index in [4.69, 9.17) is 14.7 Å². The minimum atomic E-state index is -0.266. The number of carbonyl (C=O) groups excluding carboxylic acids is 1. The Hall–Kier alpha value is -3.18. The minimum Gasteiger partial charge on any atom is -0.497 e. The van der Waals surface area contributed by atoms with Gasteiger partial charge < -0.3 is 14.8 Å². The third kappa shape index (κ3) is 4.91. The van der Waals surface area contributed by atoms with Crippen molar-refractivity contribution in [3.05, 3.63) is 48.0 Å². The normalized spacial score (nSPS) is 10.6. The SMILES string of the molecule is COc1ccc(C(=O)Nc2ccc(N=C(NC#N)SC)cc2OC)cc1. The number of anilines is 1. The van der Waals surface area contributed by atoms with Crippen LogP contribution >= 0.6 is 11.8 Å². The monoisotopic (exact) mass is 370 g/mol. The van der Waals surface area contributed by atoms with E-state index in [1.54, 1.807) is 49.6 Å². The van der Waals surface area contributed by atoms with Crippen LogP contribution in [0.25, 0.3) is 0 Å². The number of aliphatic imine (C=N–C) groups is 1. The van der Waals surface area contributed by atoms with E-state index in [9.17, 15) is 4.79 Å². The summed E-state index contributed by atoms with van der Waals surface area (Å²) in [5, 5.41) is 14.5. The van der Waals surface area contributed by atoms with Crippen LogP contribution in [0, 0.1) is 11.5 Å². The van der Waals surface area contributed by atoms with E-state index in [0.29, 0.717) is 33.6 Å². The van der Waals surface area contributed by atoms with E-state index in [-0.39, 0.29) is 5.91 Å². The van der Waals surface area contributed by atoms with Crippen molar-refractivity contribution in [3.63, 3.8) is 0 Å². The molecule has 1 amide bonds. The molecule has 0 unspecified atom stereocenters. The molecule has 2 aromatic carbocycles. The zero-order valence-corrected chi connectivity index (χ0v) is 15.4. The fourth-order valence-corrected chi connectivity index (χ4v) is 2.42. The molecule has 0 saturated carbocycles. The standard InChI is InChI=1S/C18H18N4O3S/c1-24-14-7-4-12(5-8-14)17(23)22-15-9-6-13(10-16(15)25-2)21-18(26-3)20-11-19/h4-10H,1-3H3,(H,20,21)(H,22,23). The molecule has 2 aromatic rings. The van der Waals surface area contributed by atoms with E-state index < -0.39 is 0 Å². The number of carbonyl (C=O) groups is 1. The van der Waals surface area contributed by atoms with E-state index >= 15 is 0 Å². The van der Waals surface area contributed by atoms with Crippen LogP contribution in [0.3, 0.4) is 0 Å². The van der Waals surface area contributed by atoms with Gasteiger partial charge in [0, 0.05) is 11.6 Å². The lowest BCUT2D eigenvalue weighted by Crippen LogP contribution is -2.13. The van der Waals surface area contributed by atoms with Crippen molar-refractivity contribution in [1.82, 2.24) is 5.32 Å². The number of benzene rings is 2. The zero-order chi connectivity index (χ0) is 18.9. The molecule has 0 spiro atoms. The zero-order valence-electron chi connectivity index (χ0n) is 14.6. The number of methoxy groups -OCH3 is 2. The summed E-state index contributed by atoms with van der Waals surface area (Å²) < 4.78 is 10.4. The van der Waals surface area contributed by atoms with Crippen molar-refractivity contribution in [2.24, 2.45) is 4.99 Å². The van der Waals surface area contributed by atoms with Gasteiger partial charge in [0.15, 0.2) is 11.4 Å². The van der Waals surface area contributed by atoms with Crippen molar-refractivity contribution in [2.45, 2.75) is 0 Å². The number of ether oxygens (including phenoxy) is 2. The number of nitrogens with zero attached hydrogens (tertiary/aromatic N) is 2. The molecule has 0 saturated heterocycles. The molecule has 0 bridgehead atoms. The first-order valence-corrected chi connectivity index (χ1v) is 8.75. The fraction of sp³-hybridized carbons (Fsp3) is 0.167. The molecule has 7 nitrogen and oxygen atoms in total. The van der Waals surface area contributed by atoms with Crippen LogP contribution < -0.4 is 20.1 Å². The first kappa shape index (κ1) is 19.1. The summed E-state index contributed by atoms with van der Waals surface area (Å²) in [7, 11) is 3.08. The van der Waals surface area contributed by atoms with Gasteiger partial charge in [0.2, 0.25) is 0 Å². The van der Waals surface area contributed by atoms with Crippen molar-refractivity contribution >= 4 is 34.2 Å². The lowest BCUT2D eigenvalue weighted by Gasteiger charge is -2.11. The molecule has 134 valence electrons. The van der Waals surface area contributed by atoms with Crippen molar-refractivity contribution in [1.29, 1.82) is 5.26 Å². The van der Waals surface area contributed by atoms with Crippen LogP contribution in [0.15, 0.2) is 47.5 Å². The molecule has 0 aliphatic carbocycles. The summed E-state index contributed by atoms with van der Waals surface area (Å²) >= 11 is 1.31. The van der Waals surface area contributed by atoms with Crippen LogP contribution in [0.2, 0.25) is 0 Å². The third-order valence-electron chi connectivity index (χ3n) is 3.37. The molecule has 2 rings (SSSR count). The second kappa shape index (κ2) is 9.34. The highest BCUT2D eigenvalue weighted by Crippen LogP contribution is 2.30. The van der Waals surface area contributed by atoms with Gasteiger partial charge in [0.25, 0.3) is 5.91 Å². The number of hydrogen-bond acceptors (Lipinski definition) is 6. The summed E-state index contributed by atoms with van der Waals surface area (Å²) in [6.07, 6.45) is 3.64. The smallest absolute Gasteiger partial charge is 0.255 e. The molecule has 8 heteroatoms. The molecule has 0 heterocycles. The Morgan fingerprint density at radius 3 is 2.46 bits per heavy atom. The number of amidine groups is 1. The van der Waals surface area contributed by atoms with Crippen molar-refractivity contribution in [3.8, 4) is 17.7 Å². The quantitative estimate of drug-likeness (QED) is 0.363. The van der Waals surface area contributed by atoms with E-state index in [0.717, 1.165) is 0 Å². The average molecular weight is 370 g/mol. The predicted molar refractivity (Wildman–Crippen MR) is 103 cm³/mol. The molecule has 0 radical (unpaired) electrons. The summed E-state index contributed by atoms with van der Waals surface area (Å²) in [5.41, 5.74) is 1.61. The molecule has 0 fully saturated rings. The topological polar surface area (TPSA) is 95.7 Å². The number of rotatable bonds is 5. The Bertz CT molecular complexity index is 845. The van der Waals surface area contributed by atoms with Crippen LogP contribution in [0.5, 0.6) is 11.5 Å². The summed E-state index contributed by atoms with van der Waals surface area (Å²) in [4.78, 5) is 16.7. The Labute approximate surface area is 156 Å². The maximum Gasteiger partial charge on any atom is 0.255 e. The van der Waals surface area contributed by atoms with Gasteiger partial charge in [-0.05, 0) is 42.7 Å². The summed E-state index contributed by atoms with van der Waals surface area (Å²) in [5.74, 6) is 0.876. The van der Waals surface area contributed by atoms with Crippen molar-refractivity contribution < 1.29 is 14.3 Å². The average Bonchev–Trinajstić information content (AvgIpc) is 2.68. The maximum atomic E-state index is 12.4. The number of amides is 1. The Balaban J connectivity index is 2.21. The van der Waals surface area contributed by atoms with Crippen molar-refractivity contribution in [2.75, 3.05) is 25.8 Å².